The number of ether oxygens (including phenoxy) is 1. The van der Waals surface area contributed by atoms with E-state index in [1.807, 2.05) is 80.8 Å². The Morgan fingerprint density at radius 3 is 2.58 bits per heavy atom. The maximum atomic E-state index is 13.1. The number of amides is 1. The van der Waals surface area contributed by atoms with E-state index in [1.54, 1.807) is 0 Å². The number of hydrogen-bond donors (Lipinski definition) is 3. The van der Waals surface area contributed by atoms with Crippen LogP contribution in [0.4, 0.5) is 11.4 Å². The standard InChI is InChI=1S/C28H28BrN3O4/c1-32(2)14-15-36-22-10-8-21(9-11-22)30-27(19-5-3-4-18(16-19)6-13-25(33)34)26-23-12-7-20(29)17-24(23)31-28(26)35/h3-5,7-12,16-17,30H,6,13-15H2,1-2H3,(H,31,35)(H,33,34)/b27-26-. The number of benzene rings is 3. The fraction of sp³-hybridized carbons (Fsp3) is 0.214. The summed E-state index contributed by atoms with van der Waals surface area (Å²) in [6.07, 6.45) is 0.440. The highest BCUT2D eigenvalue weighted by Crippen LogP contribution is 2.39. The number of carbonyl (C=O) groups is 2. The SMILES string of the molecule is CN(C)CCOc1ccc(N/C(=C2\C(=O)Nc3cc(Br)ccc32)c2cccc(CCC(=O)O)c2)cc1. The van der Waals surface area contributed by atoms with Gasteiger partial charge in [0.2, 0.25) is 0 Å². The van der Waals surface area contributed by atoms with Gasteiger partial charge in [-0.15, -0.1) is 0 Å². The van der Waals surface area contributed by atoms with E-state index >= 15 is 0 Å². The highest BCUT2D eigenvalue weighted by atomic mass is 79.9. The van der Waals surface area contributed by atoms with E-state index in [0.717, 1.165) is 44.8 Å². The summed E-state index contributed by atoms with van der Waals surface area (Å²) in [7, 11) is 4.00. The van der Waals surface area contributed by atoms with Crippen LogP contribution in [-0.2, 0) is 16.0 Å². The molecule has 0 bridgehead atoms. The Morgan fingerprint density at radius 2 is 1.86 bits per heavy atom. The van der Waals surface area contributed by atoms with Crippen molar-refractivity contribution >= 4 is 50.5 Å². The maximum absolute atomic E-state index is 13.1. The minimum Gasteiger partial charge on any atom is -0.492 e. The molecule has 3 N–H and O–H groups in total. The number of fused-ring (bicyclic) bond motifs is 1. The summed E-state index contributed by atoms with van der Waals surface area (Å²) in [5.41, 5.74) is 5.18. The average Bonchev–Trinajstić information content (AvgIpc) is 3.16. The molecule has 1 heterocycles. The van der Waals surface area contributed by atoms with E-state index in [4.69, 9.17) is 9.84 Å². The van der Waals surface area contributed by atoms with E-state index in [2.05, 4.69) is 31.5 Å². The number of likely N-dealkylation sites (N-methyl/N-ethyl adjacent to an activating group) is 1. The Kier molecular flexibility index (Phi) is 8.07. The molecule has 1 aliphatic heterocycles. The van der Waals surface area contributed by atoms with Crippen LogP contribution in [-0.4, -0.2) is 49.1 Å². The third-order valence-electron chi connectivity index (χ3n) is 5.75. The largest absolute Gasteiger partial charge is 0.492 e. The number of halogens is 1. The summed E-state index contributed by atoms with van der Waals surface area (Å²) >= 11 is 3.47. The van der Waals surface area contributed by atoms with Crippen molar-refractivity contribution < 1.29 is 19.4 Å². The summed E-state index contributed by atoms with van der Waals surface area (Å²) in [6.45, 7) is 1.41. The van der Waals surface area contributed by atoms with Gasteiger partial charge < -0.3 is 25.4 Å². The first-order valence-corrected chi connectivity index (χ1v) is 12.4. The number of rotatable bonds is 10. The van der Waals surface area contributed by atoms with Crippen LogP contribution in [0.1, 0.15) is 23.1 Å². The second-order valence-corrected chi connectivity index (χ2v) is 9.70. The molecule has 1 aliphatic rings. The van der Waals surface area contributed by atoms with Gasteiger partial charge >= 0.3 is 5.97 Å². The van der Waals surface area contributed by atoms with Crippen LogP contribution < -0.4 is 15.4 Å². The molecule has 0 atom stereocenters. The number of anilines is 2. The molecule has 186 valence electrons. The molecular formula is C28H28BrN3O4. The molecule has 0 aliphatic carbocycles. The van der Waals surface area contributed by atoms with Gasteiger partial charge in [0.1, 0.15) is 12.4 Å². The number of carboxylic acid groups (broad SMARTS) is 1. The molecule has 36 heavy (non-hydrogen) atoms. The Morgan fingerprint density at radius 1 is 1.08 bits per heavy atom. The van der Waals surface area contributed by atoms with Crippen LogP contribution in [0.2, 0.25) is 0 Å². The van der Waals surface area contributed by atoms with Gasteiger partial charge in [-0.1, -0.05) is 40.2 Å². The molecule has 0 saturated carbocycles. The van der Waals surface area contributed by atoms with Gasteiger partial charge in [-0.05, 0) is 74.1 Å². The highest BCUT2D eigenvalue weighted by Gasteiger charge is 2.28. The van der Waals surface area contributed by atoms with E-state index in [1.165, 1.54) is 0 Å². The number of carboxylic acids is 1. The minimum atomic E-state index is -0.848. The molecule has 4 rings (SSSR count). The quantitative estimate of drug-likeness (QED) is 0.296. The number of carbonyl (C=O) groups excluding carboxylic acids is 1. The molecule has 0 radical (unpaired) electrons. The number of aliphatic carboxylic acids is 1. The minimum absolute atomic E-state index is 0.0371. The predicted molar refractivity (Wildman–Crippen MR) is 146 cm³/mol. The lowest BCUT2D eigenvalue weighted by Crippen LogP contribution is -2.19. The summed E-state index contributed by atoms with van der Waals surface area (Å²) < 4.78 is 6.67. The van der Waals surface area contributed by atoms with Crippen molar-refractivity contribution in [3.05, 3.63) is 87.9 Å². The molecule has 1 amide bonds. The molecule has 0 unspecified atom stereocenters. The molecule has 0 spiro atoms. The molecule has 0 saturated heterocycles. The molecule has 8 heteroatoms. The maximum Gasteiger partial charge on any atom is 0.303 e. The molecule has 3 aromatic rings. The summed E-state index contributed by atoms with van der Waals surface area (Å²) in [5, 5.41) is 15.5. The van der Waals surface area contributed by atoms with Crippen molar-refractivity contribution in [2.45, 2.75) is 12.8 Å². The molecule has 3 aromatic carbocycles. The van der Waals surface area contributed by atoms with Crippen molar-refractivity contribution in [1.82, 2.24) is 4.90 Å². The second kappa shape index (κ2) is 11.4. The lowest BCUT2D eigenvalue weighted by atomic mass is 9.98. The van der Waals surface area contributed by atoms with E-state index in [9.17, 15) is 9.59 Å². The number of nitrogens with one attached hydrogen (secondary N) is 2. The Balaban J connectivity index is 1.70. The third kappa shape index (κ3) is 6.33. The van der Waals surface area contributed by atoms with Crippen LogP contribution in [0.25, 0.3) is 11.3 Å². The molecule has 7 nitrogen and oxygen atoms in total. The van der Waals surface area contributed by atoms with Crippen LogP contribution in [0.3, 0.4) is 0 Å². The number of aryl methyl sites for hydroxylation is 1. The fourth-order valence-electron chi connectivity index (χ4n) is 3.93. The first kappa shape index (κ1) is 25.5. The van der Waals surface area contributed by atoms with E-state index < -0.39 is 5.97 Å². The smallest absolute Gasteiger partial charge is 0.303 e. The van der Waals surface area contributed by atoms with Crippen LogP contribution in [0, 0.1) is 0 Å². The molecular weight excluding hydrogens is 522 g/mol. The van der Waals surface area contributed by atoms with Gasteiger partial charge in [0.25, 0.3) is 5.91 Å². The van der Waals surface area contributed by atoms with Gasteiger partial charge in [-0.25, -0.2) is 0 Å². The Hall–Kier alpha value is -3.62. The highest BCUT2D eigenvalue weighted by molar-refractivity contribution is 9.10. The van der Waals surface area contributed by atoms with Crippen molar-refractivity contribution in [1.29, 1.82) is 0 Å². The average molecular weight is 550 g/mol. The zero-order valence-corrected chi connectivity index (χ0v) is 21.8. The van der Waals surface area contributed by atoms with Gasteiger partial charge in [0.15, 0.2) is 0 Å². The third-order valence-corrected chi connectivity index (χ3v) is 6.24. The first-order chi connectivity index (χ1) is 17.3. The van der Waals surface area contributed by atoms with Gasteiger partial charge in [-0.2, -0.15) is 0 Å². The lowest BCUT2D eigenvalue weighted by Gasteiger charge is -2.16. The second-order valence-electron chi connectivity index (χ2n) is 8.79. The van der Waals surface area contributed by atoms with Crippen molar-refractivity contribution in [2.75, 3.05) is 37.9 Å². The number of hydrogen-bond acceptors (Lipinski definition) is 5. The Bertz CT molecular complexity index is 1300. The molecule has 0 fully saturated rings. The zero-order valence-electron chi connectivity index (χ0n) is 20.2. The zero-order chi connectivity index (χ0) is 25.7. The summed E-state index contributed by atoms with van der Waals surface area (Å²) in [5.74, 6) is -0.286. The van der Waals surface area contributed by atoms with E-state index in [-0.39, 0.29) is 12.3 Å². The predicted octanol–water partition coefficient (Wildman–Crippen LogP) is 5.34. The van der Waals surface area contributed by atoms with Gasteiger partial charge in [0, 0.05) is 28.7 Å². The summed E-state index contributed by atoms with van der Waals surface area (Å²) in [4.78, 5) is 26.3. The van der Waals surface area contributed by atoms with Crippen LogP contribution in [0.15, 0.2) is 71.2 Å². The van der Waals surface area contributed by atoms with Gasteiger partial charge in [0.05, 0.1) is 17.0 Å². The lowest BCUT2D eigenvalue weighted by molar-refractivity contribution is -0.137. The van der Waals surface area contributed by atoms with E-state index in [0.29, 0.717) is 24.3 Å². The molecule has 0 aromatic heterocycles. The Labute approximate surface area is 218 Å². The fourth-order valence-corrected chi connectivity index (χ4v) is 4.29. The van der Waals surface area contributed by atoms with Crippen LogP contribution in [0.5, 0.6) is 5.75 Å². The van der Waals surface area contributed by atoms with Crippen molar-refractivity contribution in [2.24, 2.45) is 0 Å². The number of nitrogens with zero attached hydrogens (tertiary/aromatic N) is 1. The van der Waals surface area contributed by atoms with Gasteiger partial charge in [-0.3, -0.25) is 9.59 Å². The van der Waals surface area contributed by atoms with Crippen LogP contribution >= 0.6 is 15.9 Å². The topological polar surface area (TPSA) is 90.9 Å². The van der Waals surface area contributed by atoms with Crippen molar-refractivity contribution in [3.8, 4) is 5.75 Å². The summed E-state index contributed by atoms with van der Waals surface area (Å²) in [6, 6.07) is 20.9. The first-order valence-electron chi connectivity index (χ1n) is 11.6. The monoisotopic (exact) mass is 549 g/mol. The normalized spacial score (nSPS) is 13.8. The van der Waals surface area contributed by atoms with Crippen molar-refractivity contribution in [3.63, 3.8) is 0 Å².